The summed E-state index contributed by atoms with van der Waals surface area (Å²) in [4.78, 5) is 4.60. The Kier molecular flexibility index (Phi) is 3.92. The van der Waals surface area contributed by atoms with Crippen molar-refractivity contribution >= 4 is 0 Å². The lowest BCUT2D eigenvalue weighted by Gasteiger charge is -2.22. The van der Waals surface area contributed by atoms with Gasteiger partial charge in [0, 0.05) is 6.42 Å². The average Bonchev–Trinajstić information content (AvgIpc) is 3.17. The minimum Gasteiger partial charge on any atom is -0.497 e. The van der Waals surface area contributed by atoms with Crippen LogP contribution in [0.15, 0.2) is 28.8 Å². The number of benzene rings is 1. The third kappa shape index (κ3) is 2.78. The van der Waals surface area contributed by atoms with Crippen LogP contribution in [0.3, 0.4) is 0 Å². The van der Waals surface area contributed by atoms with E-state index in [-0.39, 0.29) is 5.54 Å². The van der Waals surface area contributed by atoms with E-state index < -0.39 is 0 Å². The first-order valence-electron chi connectivity index (χ1n) is 7.47. The number of methoxy groups -OCH3 is 1. The summed E-state index contributed by atoms with van der Waals surface area (Å²) in [6.07, 6.45) is 3.86. The molecule has 1 aromatic heterocycles. The lowest BCUT2D eigenvalue weighted by molar-refractivity contribution is 0.249. The maximum absolute atomic E-state index is 5.51. The highest BCUT2D eigenvalue weighted by Crippen LogP contribution is 2.32. The summed E-state index contributed by atoms with van der Waals surface area (Å²) < 4.78 is 10.7. The van der Waals surface area contributed by atoms with Crippen molar-refractivity contribution < 1.29 is 9.26 Å². The van der Waals surface area contributed by atoms with E-state index >= 15 is 0 Å². The summed E-state index contributed by atoms with van der Waals surface area (Å²) in [5, 5.41) is 7.65. The Balaban J connectivity index is 1.75. The molecule has 0 saturated carbocycles. The van der Waals surface area contributed by atoms with Gasteiger partial charge in [-0.3, -0.25) is 0 Å². The summed E-state index contributed by atoms with van der Waals surface area (Å²) in [6, 6.07) is 7.95. The Hall–Kier alpha value is -1.88. The van der Waals surface area contributed by atoms with Gasteiger partial charge >= 0.3 is 0 Å². The third-order valence-corrected chi connectivity index (χ3v) is 4.25. The van der Waals surface area contributed by atoms with Crippen LogP contribution in [0, 0.1) is 0 Å². The molecule has 0 spiro atoms. The second kappa shape index (κ2) is 5.85. The van der Waals surface area contributed by atoms with Crippen LogP contribution < -0.4 is 10.1 Å². The van der Waals surface area contributed by atoms with E-state index in [4.69, 9.17) is 9.26 Å². The molecule has 1 unspecified atom stereocenters. The molecular weight excluding hydrogens is 266 g/mol. The average molecular weight is 287 g/mol. The van der Waals surface area contributed by atoms with Crippen LogP contribution in [-0.4, -0.2) is 23.8 Å². The van der Waals surface area contributed by atoms with Gasteiger partial charge < -0.3 is 14.6 Å². The monoisotopic (exact) mass is 287 g/mol. The fourth-order valence-electron chi connectivity index (χ4n) is 2.89. The standard InChI is InChI=1S/C16H21N3O2/c1-3-16(9-4-10-17-16)15-18-14(19-21-15)11-12-5-7-13(20-2)8-6-12/h5-8,17H,3-4,9-11H2,1-2H3. The fourth-order valence-corrected chi connectivity index (χ4v) is 2.89. The van der Waals surface area contributed by atoms with Crippen LogP contribution in [-0.2, 0) is 12.0 Å². The molecule has 2 aromatic rings. The first-order chi connectivity index (χ1) is 10.3. The summed E-state index contributed by atoms with van der Waals surface area (Å²) in [7, 11) is 1.67. The molecule has 1 N–H and O–H groups in total. The number of hydrogen-bond acceptors (Lipinski definition) is 5. The minimum atomic E-state index is -0.120. The van der Waals surface area contributed by atoms with Gasteiger partial charge in [0.1, 0.15) is 5.75 Å². The van der Waals surface area contributed by atoms with Gasteiger partial charge in [0.15, 0.2) is 5.82 Å². The van der Waals surface area contributed by atoms with E-state index in [0.29, 0.717) is 6.42 Å². The second-order valence-electron chi connectivity index (χ2n) is 5.51. The zero-order valence-electron chi connectivity index (χ0n) is 12.6. The first kappa shape index (κ1) is 14.1. The van der Waals surface area contributed by atoms with Crippen molar-refractivity contribution in [2.75, 3.05) is 13.7 Å². The summed E-state index contributed by atoms with van der Waals surface area (Å²) in [5.74, 6) is 2.32. The highest BCUT2D eigenvalue weighted by Gasteiger charge is 2.38. The van der Waals surface area contributed by atoms with Gasteiger partial charge in [-0.05, 0) is 43.5 Å². The molecule has 5 heteroatoms. The molecule has 0 radical (unpaired) electrons. The molecule has 5 nitrogen and oxygen atoms in total. The molecule has 1 aliphatic rings. The topological polar surface area (TPSA) is 60.2 Å². The number of rotatable bonds is 5. The third-order valence-electron chi connectivity index (χ3n) is 4.25. The molecule has 21 heavy (non-hydrogen) atoms. The Morgan fingerprint density at radius 2 is 2.14 bits per heavy atom. The summed E-state index contributed by atoms with van der Waals surface area (Å²) in [6.45, 7) is 3.18. The van der Waals surface area contributed by atoms with E-state index in [1.807, 2.05) is 24.3 Å². The van der Waals surface area contributed by atoms with Gasteiger partial charge in [-0.25, -0.2) is 0 Å². The van der Waals surface area contributed by atoms with Crippen molar-refractivity contribution in [3.05, 3.63) is 41.5 Å². The zero-order valence-corrected chi connectivity index (χ0v) is 12.6. The van der Waals surface area contributed by atoms with Gasteiger partial charge in [-0.15, -0.1) is 0 Å². The molecule has 3 rings (SSSR count). The van der Waals surface area contributed by atoms with Gasteiger partial charge in [-0.2, -0.15) is 4.98 Å². The van der Waals surface area contributed by atoms with E-state index in [1.54, 1.807) is 7.11 Å². The largest absolute Gasteiger partial charge is 0.497 e. The van der Waals surface area contributed by atoms with E-state index in [0.717, 1.165) is 48.8 Å². The molecule has 112 valence electrons. The Morgan fingerprint density at radius 3 is 2.76 bits per heavy atom. The molecule has 0 amide bonds. The minimum absolute atomic E-state index is 0.120. The normalized spacial score (nSPS) is 21.6. The lowest BCUT2D eigenvalue weighted by atomic mass is 9.94. The highest BCUT2D eigenvalue weighted by molar-refractivity contribution is 5.28. The van der Waals surface area contributed by atoms with Gasteiger partial charge in [-0.1, -0.05) is 24.2 Å². The van der Waals surface area contributed by atoms with Crippen molar-refractivity contribution in [3.8, 4) is 5.75 Å². The van der Waals surface area contributed by atoms with Crippen molar-refractivity contribution in [2.24, 2.45) is 0 Å². The lowest BCUT2D eigenvalue weighted by Crippen LogP contribution is -2.36. The van der Waals surface area contributed by atoms with Crippen molar-refractivity contribution in [3.63, 3.8) is 0 Å². The quantitative estimate of drug-likeness (QED) is 0.916. The van der Waals surface area contributed by atoms with Crippen LogP contribution in [0.5, 0.6) is 5.75 Å². The van der Waals surface area contributed by atoms with Crippen LogP contribution in [0.1, 0.15) is 43.5 Å². The molecule has 0 bridgehead atoms. The number of ether oxygens (including phenoxy) is 1. The molecular formula is C16H21N3O2. The predicted octanol–water partition coefficient (Wildman–Crippen LogP) is 2.66. The van der Waals surface area contributed by atoms with Gasteiger partial charge in [0.2, 0.25) is 5.89 Å². The van der Waals surface area contributed by atoms with E-state index in [9.17, 15) is 0 Å². The zero-order chi connectivity index (χ0) is 14.7. The van der Waals surface area contributed by atoms with Crippen molar-refractivity contribution in [1.29, 1.82) is 0 Å². The number of nitrogens with one attached hydrogen (secondary N) is 1. The molecule has 1 atom stereocenters. The molecule has 1 aliphatic heterocycles. The Bertz CT molecular complexity index is 586. The van der Waals surface area contributed by atoms with Gasteiger partial charge in [0.25, 0.3) is 0 Å². The van der Waals surface area contributed by atoms with E-state index in [2.05, 4.69) is 22.4 Å². The molecule has 0 aliphatic carbocycles. The Labute approximate surface area is 124 Å². The summed E-state index contributed by atoms with van der Waals surface area (Å²) in [5.41, 5.74) is 1.03. The van der Waals surface area contributed by atoms with Crippen molar-refractivity contribution in [1.82, 2.24) is 15.5 Å². The molecule has 1 fully saturated rings. The van der Waals surface area contributed by atoms with Crippen LogP contribution in [0.25, 0.3) is 0 Å². The van der Waals surface area contributed by atoms with Crippen LogP contribution in [0.2, 0.25) is 0 Å². The van der Waals surface area contributed by atoms with E-state index in [1.165, 1.54) is 0 Å². The Morgan fingerprint density at radius 1 is 1.33 bits per heavy atom. The molecule has 2 heterocycles. The first-order valence-corrected chi connectivity index (χ1v) is 7.47. The maximum atomic E-state index is 5.51. The number of nitrogens with zero attached hydrogens (tertiary/aromatic N) is 2. The van der Waals surface area contributed by atoms with Crippen LogP contribution in [0.4, 0.5) is 0 Å². The molecule has 1 aromatic carbocycles. The molecule has 1 saturated heterocycles. The maximum Gasteiger partial charge on any atom is 0.246 e. The highest BCUT2D eigenvalue weighted by atomic mass is 16.5. The van der Waals surface area contributed by atoms with Crippen LogP contribution >= 0.6 is 0 Å². The number of hydrogen-bond donors (Lipinski definition) is 1. The number of aromatic nitrogens is 2. The fraction of sp³-hybridized carbons (Fsp3) is 0.500. The summed E-state index contributed by atoms with van der Waals surface area (Å²) >= 11 is 0. The predicted molar refractivity (Wildman–Crippen MR) is 79.3 cm³/mol. The second-order valence-corrected chi connectivity index (χ2v) is 5.51. The van der Waals surface area contributed by atoms with Crippen molar-refractivity contribution in [2.45, 2.75) is 38.1 Å². The SMILES string of the molecule is CCC1(c2nc(Cc3ccc(OC)cc3)no2)CCCN1. The smallest absolute Gasteiger partial charge is 0.246 e. The van der Waals surface area contributed by atoms with Gasteiger partial charge in [0.05, 0.1) is 12.6 Å².